The van der Waals surface area contributed by atoms with Gasteiger partial charge in [-0.05, 0) is 64.0 Å². The third kappa shape index (κ3) is 4.19. The Bertz CT molecular complexity index is 505. The molecule has 1 aromatic carbocycles. The average molecular weight is 329 g/mol. The number of rotatable bonds is 5. The van der Waals surface area contributed by atoms with Crippen LogP contribution in [-0.4, -0.2) is 43.4 Å². The average Bonchev–Trinajstić information content (AvgIpc) is 2.46. The molecule has 0 saturated carbocycles. The zero-order valence-corrected chi connectivity index (χ0v) is 14.0. The highest BCUT2D eigenvalue weighted by atomic mass is 35.5. The molecule has 0 aliphatic carbocycles. The molecule has 1 N–H and O–H groups in total. The van der Waals surface area contributed by atoms with Gasteiger partial charge in [0.15, 0.2) is 5.78 Å². The third-order valence-corrected chi connectivity index (χ3v) is 4.71. The first kappa shape index (κ1) is 16.8. The Hall–Kier alpha value is -0.610. The molecule has 1 heterocycles. The van der Waals surface area contributed by atoms with Crippen molar-refractivity contribution in [2.24, 2.45) is 5.92 Å². The summed E-state index contributed by atoms with van der Waals surface area (Å²) < 4.78 is 0. The molecule has 2 unspecified atom stereocenters. The van der Waals surface area contributed by atoms with Crippen molar-refractivity contribution in [1.82, 2.24) is 10.2 Å². The van der Waals surface area contributed by atoms with Gasteiger partial charge in [0.2, 0.25) is 0 Å². The van der Waals surface area contributed by atoms with E-state index in [9.17, 15) is 4.79 Å². The predicted octanol–water partition coefficient (Wildman–Crippen LogP) is 3.50. The number of hydrogen-bond acceptors (Lipinski definition) is 3. The largest absolute Gasteiger partial charge is 0.319 e. The van der Waals surface area contributed by atoms with Crippen LogP contribution < -0.4 is 5.32 Å². The number of likely N-dealkylation sites (tertiary alicyclic amines) is 1. The molecule has 1 aliphatic heterocycles. The van der Waals surface area contributed by atoms with Crippen molar-refractivity contribution in [1.29, 1.82) is 0 Å². The molecular formula is C16H22Cl2N2O. The molecule has 0 bridgehead atoms. The van der Waals surface area contributed by atoms with Gasteiger partial charge in [-0.3, -0.25) is 9.69 Å². The van der Waals surface area contributed by atoms with Crippen molar-refractivity contribution < 1.29 is 4.79 Å². The van der Waals surface area contributed by atoms with Gasteiger partial charge in [0.25, 0.3) is 0 Å². The van der Waals surface area contributed by atoms with E-state index in [1.807, 2.05) is 14.0 Å². The summed E-state index contributed by atoms with van der Waals surface area (Å²) in [6.45, 7) is 4.89. The minimum atomic E-state index is -0.150. The second-order valence-electron chi connectivity index (χ2n) is 5.73. The van der Waals surface area contributed by atoms with E-state index in [1.165, 1.54) is 6.42 Å². The van der Waals surface area contributed by atoms with Gasteiger partial charge in [0.05, 0.1) is 11.1 Å². The Morgan fingerprint density at radius 1 is 1.48 bits per heavy atom. The smallest absolute Gasteiger partial charge is 0.181 e. The summed E-state index contributed by atoms with van der Waals surface area (Å²) in [5.74, 6) is 0.682. The number of piperidine rings is 1. The van der Waals surface area contributed by atoms with Gasteiger partial charge in [-0.1, -0.05) is 23.2 Å². The Morgan fingerprint density at radius 2 is 2.24 bits per heavy atom. The molecular weight excluding hydrogens is 307 g/mol. The van der Waals surface area contributed by atoms with Gasteiger partial charge in [-0.2, -0.15) is 0 Å². The fourth-order valence-corrected chi connectivity index (χ4v) is 3.49. The highest BCUT2D eigenvalue weighted by molar-refractivity contribution is 6.37. The van der Waals surface area contributed by atoms with Crippen LogP contribution >= 0.6 is 23.2 Å². The van der Waals surface area contributed by atoms with Crippen molar-refractivity contribution in [3.05, 3.63) is 33.8 Å². The van der Waals surface area contributed by atoms with E-state index < -0.39 is 0 Å². The van der Waals surface area contributed by atoms with Crippen LogP contribution in [0, 0.1) is 5.92 Å². The van der Waals surface area contributed by atoms with Gasteiger partial charge >= 0.3 is 0 Å². The fourth-order valence-electron chi connectivity index (χ4n) is 2.98. The summed E-state index contributed by atoms with van der Waals surface area (Å²) in [6.07, 6.45) is 2.36. The maximum atomic E-state index is 12.7. The SMILES string of the molecule is CNCC1CCCN(C(C)C(=O)c2ccc(Cl)cc2Cl)C1. The van der Waals surface area contributed by atoms with E-state index in [1.54, 1.807) is 18.2 Å². The molecule has 21 heavy (non-hydrogen) atoms. The van der Waals surface area contributed by atoms with Crippen LogP contribution in [0.4, 0.5) is 0 Å². The van der Waals surface area contributed by atoms with Gasteiger partial charge < -0.3 is 5.32 Å². The number of hydrogen-bond donors (Lipinski definition) is 1. The summed E-state index contributed by atoms with van der Waals surface area (Å²) in [5, 5.41) is 4.21. The van der Waals surface area contributed by atoms with Crippen LogP contribution in [-0.2, 0) is 0 Å². The minimum Gasteiger partial charge on any atom is -0.319 e. The molecule has 116 valence electrons. The first-order valence-electron chi connectivity index (χ1n) is 7.41. The lowest BCUT2D eigenvalue weighted by Crippen LogP contribution is -2.46. The standard InChI is InChI=1S/C16H22Cl2N2O/c1-11(20-7-3-4-12(10-20)9-19-2)16(21)14-6-5-13(17)8-15(14)18/h5-6,8,11-12,19H,3-4,7,9-10H2,1-2H3. The predicted molar refractivity (Wildman–Crippen MR) is 88.5 cm³/mol. The molecule has 5 heteroatoms. The molecule has 1 aromatic rings. The van der Waals surface area contributed by atoms with E-state index in [0.717, 1.165) is 26.1 Å². The lowest BCUT2D eigenvalue weighted by molar-refractivity contribution is 0.0753. The normalized spacial score (nSPS) is 21.2. The molecule has 0 spiro atoms. The molecule has 0 radical (unpaired) electrons. The molecule has 3 nitrogen and oxygen atoms in total. The zero-order valence-electron chi connectivity index (χ0n) is 12.5. The van der Waals surface area contributed by atoms with E-state index in [-0.39, 0.29) is 11.8 Å². The van der Waals surface area contributed by atoms with Crippen LogP contribution in [0.15, 0.2) is 18.2 Å². The first-order valence-corrected chi connectivity index (χ1v) is 8.16. The highest BCUT2D eigenvalue weighted by Crippen LogP contribution is 2.25. The molecule has 1 saturated heterocycles. The Kier molecular flexibility index (Phi) is 6.06. The number of ketones is 1. The molecule has 1 aliphatic rings. The first-order chi connectivity index (χ1) is 10.0. The van der Waals surface area contributed by atoms with Crippen LogP contribution in [0.3, 0.4) is 0 Å². The summed E-state index contributed by atoms with van der Waals surface area (Å²) in [4.78, 5) is 14.9. The van der Waals surface area contributed by atoms with Crippen LogP contribution in [0.1, 0.15) is 30.1 Å². The summed E-state index contributed by atoms with van der Waals surface area (Å²) >= 11 is 12.0. The summed E-state index contributed by atoms with van der Waals surface area (Å²) in [6, 6.07) is 4.91. The van der Waals surface area contributed by atoms with E-state index in [2.05, 4.69) is 10.2 Å². The number of nitrogens with zero attached hydrogens (tertiary/aromatic N) is 1. The lowest BCUT2D eigenvalue weighted by atomic mass is 9.95. The summed E-state index contributed by atoms with van der Waals surface area (Å²) in [5.41, 5.74) is 0.560. The number of carbonyl (C=O) groups excluding carboxylic acids is 1. The van der Waals surface area contributed by atoms with Crippen molar-refractivity contribution in [3.8, 4) is 0 Å². The van der Waals surface area contributed by atoms with Crippen LogP contribution in [0.5, 0.6) is 0 Å². The number of halogens is 2. The topological polar surface area (TPSA) is 32.3 Å². The molecule has 0 aromatic heterocycles. The second-order valence-corrected chi connectivity index (χ2v) is 6.57. The van der Waals surface area contributed by atoms with Crippen LogP contribution in [0.2, 0.25) is 10.0 Å². The number of carbonyl (C=O) groups is 1. The third-order valence-electron chi connectivity index (χ3n) is 4.17. The molecule has 2 atom stereocenters. The van der Waals surface area contributed by atoms with E-state index in [0.29, 0.717) is 21.5 Å². The van der Waals surface area contributed by atoms with E-state index >= 15 is 0 Å². The number of benzene rings is 1. The van der Waals surface area contributed by atoms with Gasteiger partial charge in [-0.15, -0.1) is 0 Å². The zero-order chi connectivity index (χ0) is 15.4. The maximum absolute atomic E-state index is 12.7. The quantitative estimate of drug-likeness (QED) is 0.839. The minimum absolute atomic E-state index is 0.0711. The molecule has 0 amide bonds. The van der Waals surface area contributed by atoms with Crippen LogP contribution in [0.25, 0.3) is 0 Å². The number of Topliss-reactive ketones (excluding diaryl/α,β-unsaturated/α-hetero) is 1. The molecule has 2 rings (SSSR count). The van der Waals surface area contributed by atoms with Gasteiger partial charge in [-0.25, -0.2) is 0 Å². The second kappa shape index (κ2) is 7.59. The summed E-state index contributed by atoms with van der Waals surface area (Å²) in [7, 11) is 1.97. The van der Waals surface area contributed by atoms with Crippen molar-refractivity contribution >= 4 is 29.0 Å². The Morgan fingerprint density at radius 3 is 2.90 bits per heavy atom. The van der Waals surface area contributed by atoms with Crippen molar-refractivity contribution in [2.45, 2.75) is 25.8 Å². The monoisotopic (exact) mass is 328 g/mol. The molecule has 1 fully saturated rings. The Balaban J connectivity index is 2.07. The van der Waals surface area contributed by atoms with Crippen molar-refractivity contribution in [3.63, 3.8) is 0 Å². The Labute approximate surface area is 136 Å². The lowest BCUT2D eigenvalue weighted by Gasteiger charge is -2.36. The number of nitrogens with one attached hydrogen (secondary N) is 1. The highest BCUT2D eigenvalue weighted by Gasteiger charge is 2.28. The van der Waals surface area contributed by atoms with Gasteiger partial charge in [0.1, 0.15) is 0 Å². The van der Waals surface area contributed by atoms with Crippen molar-refractivity contribution in [2.75, 3.05) is 26.7 Å². The fraction of sp³-hybridized carbons (Fsp3) is 0.562. The van der Waals surface area contributed by atoms with E-state index in [4.69, 9.17) is 23.2 Å². The maximum Gasteiger partial charge on any atom is 0.181 e. The van der Waals surface area contributed by atoms with Gasteiger partial charge in [0, 0.05) is 17.1 Å².